The number of hydrogen-bond acceptors (Lipinski definition) is 8. The number of unbranched alkanes of at least 4 members (excludes halogenated alkanes) is 2. The molecule has 70 heavy (non-hydrogen) atoms. The van der Waals surface area contributed by atoms with E-state index in [1.165, 1.54) is 80.5 Å². The van der Waals surface area contributed by atoms with Crippen LogP contribution in [0.3, 0.4) is 0 Å². The van der Waals surface area contributed by atoms with Gasteiger partial charge in [-0.15, -0.1) is 0 Å². The number of halogens is 6. The summed E-state index contributed by atoms with van der Waals surface area (Å²) in [5.74, 6) is 0. The van der Waals surface area contributed by atoms with Gasteiger partial charge in [-0.2, -0.15) is 26.3 Å². The van der Waals surface area contributed by atoms with Crippen LogP contribution in [0.2, 0.25) is 0 Å². The molecule has 6 rings (SSSR count). The molecule has 0 aromatic heterocycles. The lowest BCUT2D eigenvalue weighted by Crippen LogP contribution is -2.21. The average molecular weight is 1050 g/mol. The minimum Gasteiger partial charge on any atom is -0.741 e. The molecule has 0 radical (unpaired) electrons. The highest BCUT2D eigenvalue weighted by molar-refractivity contribution is 7.95. The second kappa shape index (κ2) is 25.7. The van der Waals surface area contributed by atoms with Gasteiger partial charge in [0.25, 0.3) is 0 Å². The van der Waals surface area contributed by atoms with E-state index in [0.717, 1.165) is 24.2 Å². The first-order valence-electron chi connectivity index (χ1n) is 21.9. The molecule has 0 saturated heterocycles. The minimum absolute atomic E-state index is 0.182. The molecule has 0 amide bonds. The normalized spacial score (nSPS) is 12.1. The molecule has 376 valence electrons. The van der Waals surface area contributed by atoms with Gasteiger partial charge in [-0.25, -0.2) is 16.8 Å². The standard InChI is InChI=1S/C50H56N2S2.2CHF3O3S/c1-7-9-13-39-21-29-43(30-22-39)51(47-15-11-17-49(37-47)53(3)4)45-33-25-41(26-34-45)19-20-42-27-35-46(36-28-42)52(48-16-12-18-50(38-48)54(5)6)44-31-23-40(24-32-44)14-10-8-2;2*2-1(3,4)8(5,6)7/h11-12,15-38H,7-10,13-14H2,1-6H3;2*(H,5,6,7)/q+2;;/p-2/b20-19+;;. The summed E-state index contributed by atoms with van der Waals surface area (Å²) >= 11 is 0. The first-order valence-corrected chi connectivity index (χ1v) is 28.8. The number of benzene rings is 6. The van der Waals surface area contributed by atoms with Gasteiger partial charge in [0.15, 0.2) is 30.0 Å². The molecule has 6 aromatic rings. The molecule has 0 aliphatic carbocycles. The molecular formula is C52H56F6N2O6S4. The quantitative estimate of drug-likeness (QED) is 0.0309. The molecule has 0 atom stereocenters. The van der Waals surface area contributed by atoms with Crippen molar-refractivity contribution in [2.75, 3.05) is 34.8 Å². The molecule has 0 saturated carbocycles. The van der Waals surface area contributed by atoms with Crippen LogP contribution in [0.1, 0.15) is 61.8 Å². The first-order chi connectivity index (χ1) is 32.8. The zero-order valence-electron chi connectivity index (χ0n) is 39.5. The lowest BCUT2D eigenvalue weighted by atomic mass is 10.1. The zero-order chi connectivity index (χ0) is 51.9. The van der Waals surface area contributed by atoms with E-state index in [-0.39, 0.29) is 21.8 Å². The van der Waals surface area contributed by atoms with E-state index in [0.29, 0.717) is 0 Å². The lowest BCUT2D eigenvalue weighted by molar-refractivity contribution is -0.0522. The summed E-state index contributed by atoms with van der Waals surface area (Å²) in [7, 11) is -11.8. The second-order valence-electron chi connectivity index (χ2n) is 16.2. The highest BCUT2D eigenvalue weighted by Gasteiger charge is 2.37. The van der Waals surface area contributed by atoms with Gasteiger partial charge in [0.1, 0.15) is 25.0 Å². The first kappa shape index (κ1) is 57.3. The second-order valence-corrected chi connectivity index (χ2v) is 23.1. The number of rotatable bonds is 16. The number of anilines is 6. The van der Waals surface area contributed by atoms with Gasteiger partial charge in [0, 0.05) is 56.7 Å². The number of aryl methyl sites for hydroxylation is 2. The molecule has 0 N–H and O–H groups in total. The summed E-state index contributed by atoms with van der Waals surface area (Å²) in [6.45, 7) is 4.51. The van der Waals surface area contributed by atoms with Crippen LogP contribution in [-0.2, 0) is 54.9 Å². The molecule has 6 aromatic carbocycles. The topological polar surface area (TPSA) is 121 Å². The van der Waals surface area contributed by atoms with Crippen LogP contribution >= 0.6 is 0 Å². The Balaban J connectivity index is 0.000000571. The fourth-order valence-corrected chi connectivity index (χ4v) is 8.11. The van der Waals surface area contributed by atoms with E-state index in [9.17, 15) is 26.3 Å². The lowest BCUT2D eigenvalue weighted by Gasteiger charge is -2.26. The maximum absolute atomic E-state index is 10.7. The summed E-state index contributed by atoms with van der Waals surface area (Å²) in [6, 6.07) is 54.2. The third kappa shape index (κ3) is 17.3. The van der Waals surface area contributed by atoms with Crippen LogP contribution in [0, 0.1) is 0 Å². The Morgan fingerprint density at radius 1 is 0.457 bits per heavy atom. The molecule has 0 aliphatic rings. The largest absolute Gasteiger partial charge is 0.741 e. The van der Waals surface area contributed by atoms with Gasteiger partial charge in [0.2, 0.25) is 0 Å². The summed E-state index contributed by atoms with van der Waals surface area (Å²) < 4.78 is 118. The maximum atomic E-state index is 10.7. The Hall–Kier alpha value is -5.24. The monoisotopic (exact) mass is 1050 g/mol. The van der Waals surface area contributed by atoms with Crippen LogP contribution in [0.25, 0.3) is 12.2 Å². The highest BCUT2D eigenvalue weighted by Crippen LogP contribution is 2.38. The maximum Gasteiger partial charge on any atom is 0.485 e. The Kier molecular flexibility index (Phi) is 21.1. The van der Waals surface area contributed by atoms with E-state index in [1.54, 1.807) is 0 Å². The van der Waals surface area contributed by atoms with E-state index in [1.807, 2.05) is 0 Å². The van der Waals surface area contributed by atoms with E-state index < -0.39 is 31.3 Å². The van der Waals surface area contributed by atoms with Crippen LogP contribution in [0.5, 0.6) is 0 Å². The SMILES string of the molecule is CCCCc1ccc(N(c2ccc(/C=C/c3ccc(N(c4ccc(CCCC)cc4)c4cccc([S+](C)C)c4)cc3)cc2)c2cccc([S+](C)C)c2)cc1.O=S(=O)([O-])C(F)(F)F.O=S(=O)([O-])C(F)(F)F. The predicted octanol–water partition coefficient (Wildman–Crippen LogP) is 14.1. The zero-order valence-corrected chi connectivity index (χ0v) is 42.8. The fourth-order valence-electron chi connectivity index (χ4n) is 6.69. The van der Waals surface area contributed by atoms with Gasteiger partial charge >= 0.3 is 11.0 Å². The Morgan fingerprint density at radius 3 is 0.971 bits per heavy atom. The van der Waals surface area contributed by atoms with Gasteiger partial charge in [-0.1, -0.05) is 99.5 Å². The van der Waals surface area contributed by atoms with E-state index in [2.05, 4.69) is 206 Å². The molecule has 0 unspecified atom stereocenters. The van der Waals surface area contributed by atoms with Crippen molar-refractivity contribution in [2.45, 2.75) is 73.2 Å². The van der Waals surface area contributed by atoms with E-state index in [4.69, 9.17) is 25.9 Å². The van der Waals surface area contributed by atoms with E-state index >= 15 is 0 Å². The van der Waals surface area contributed by atoms with Crippen molar-refractivity contribution in [2.24, 2.45) is 0 Å². The molecule has 0 aliphatic heterocycles. The smallest absolute Gasteiger partial charge is 0.485 e. The molecule has 0 bridgehead atoms. The van der Waals surface area contributed by atoms with Gasteiger partial charge < -0.3 is 18.9 Å². The van der Waals surface area contributed by atoms with Crippen LogP contribution in [0.4, 0.5) is 60.5 Å². The molecule has 0 heterocycles. The van der Waals surface area contributed by atoms with Crippen molar-refractivity contribution in [1.29, 1.82) is 0 Å². The number of alkyl halides is 6. The molecule has 18 heteroatoms. The van der Waals surface area contributed by atoms with Crippen molar-refractivity contribution in [3.05, 3.63) is 168 Å². The van der Waals surface area contributed by atoms with Crippen LogP contribution in [-0.4, -0.2) is 62.0 Å². The number of nitrogens with zero attached hydrogens (tertiary/aromatic N) is 2. The summed E-state index contributed by atoms with van der Waals surface area (Å²) in [6.07, 6.45) is 20.7. The predicted molar refractivity (Wildman–Crippen MR) is 275 cm³/mol. The Labute approximate surface area is 414 Å². The van der Waals surface area contributed by atoms with Crippen LogP contribution in [0.15, 0.2) is 155 Å². The molecule has 8 nitrogen and oxygen atoms in total. The summed E-state index contributed by atoms with van der Waals surface area (Å²) in [4.78, 5) is 7.51. The molecule has 0 fully saturated rings. The van der Waals surface area contributed by atoms with Crippen molar-refractivity contribution in [3.8, 4) is 0 Å². The summed E-state index contributed by atoms with van der Waals surface area (Å²) in [5.41, 5.74) is 0.907. The highest BCUT2D eigenvalue weighted by atomic mass is 32.2. The van der Waals surface area contributed by atoms with Gasteiger partial charge in [0.05, 0.1) is 11.4 Å². The Bertz CT molecular complexity index is 2630. The van der Waals surface area contributed by atoms with Crippen molar-refractivity contribution < 1.29 is 52.3 Å². The molecule has 0 spiro atoms. The van der Waals surface area contributed by atoms with Gasteiger partial charge in [-0.05, 0) is 121 Å². The van der Waals surface area contributed by atoms with Crippen LogP contribution < -0.4 is 9.80 Å². The van der Waals surface area contributed by atoms with Crippen molar-refractivity contribution in [1.82, 2.24) is 0 Å². The average Bonchev–Trinajstić information content (AvgIpc) is 3.30. The van der Waals surface area contributed by atoms with Gasteiger partial charge in [-0.3, -0.25) is 0 Å². The summed E-state index contributed by atoms with van der Waals surface area (Å²) in [5, 5.41) is 0. The number of hydrogen-bond donors (Lipinski definition) is 0. The fraction of sp³-hybridized carbons (Fsp3) is 0.269. The Morgan fingerprint density at radius 2 is 0.729 bits per heavy atom. The minimum atomic E-state index is -6.09. The molecular weight excluding hydrogens is 991 g/mol. The third-order valence-corrected chi connectivity index (χ3v) is 14.0. The van der Waals surface area contributed by atoms with Crippen molar-refractivity contribution >= 4 is 88.3 Å². The third-order valence-electron chi connectivity index (χ3n) is 10.5. The van der Waals surface area contributed by atoms with Crippen molar-refractivity contribution in [3.63, 3.8) is 0 Å².